The molecule has 0 aliphatic carbocycles. The van der Waals surface area contributed by atoms with Gasteiger partial charge in [0.1, 0.15) is 12.6 Å². The zero-order chi connectivity index (χ0) is 27.3. The van der Waals surface area contributed by atoms with Gasteiger partial charge in [0.05, 0.1) is 11.9 Å². The smallest absolute Gasteiger partial charge is 0.244 e. The zero-order valence-electron chi connectivity index (χ0n) is 22.2. The summed E-state index contributed by atoms with van der Waals surface area (Å²) in [4.78, 5) is 27.9. The quantitative estimate of drug-likeness (QED) is 0.476. The fourth-order valence-corrected chi connectivity index (χ4v) is 4.68. The number of hydrogen-bond donors (Lipinski definition) is 1. The third-order valence-corrected chi connectivity index (χ3v) is 7.49. The fourth-order valence-electron chi connectivity index (χ4n) is 3.62. The maximum atomic E-state index is 13.6. The lowest BCUT2D eigenvalue weighted by molar-refractivity contribution is -0.139. The molecular formula is C27H38ClN3O4S. The highest BCUT2D eigenvalue weighted by Crippen LogP contribution is 2.26. The first kappa shape index (κ1) is 29.6. The number of carbonyl (C=O) groups excluding carboxylic acids is 2. The van der Waals surface area contributed by atoms with Crippen LogP contribution in [0.4, 0.5) is 5.69 Å². The average Bonchev–Trinajstić information content (AvgIpc) is 2.79. The first-order chi connectivity index (χ1) is 16.6. The summed E-state index contributed by atoms with van der Waals surface area (Å²) in [5.41, 5.74) is 2.07. The molecule has 0 radical (unpaired) electrons. The van der Waals surface area contributed by atoms with Gasteiger partial charge in [-0.25, -0.2) is 8.42 Å². The van der Waals surface area contributed by atoms with Crippen molar-refractivity contribution in [2.24, 2.45) is 0 Å². The molecule has 2 atom stereocenters. The minimum Gasteiger partial charge on any atom is -0.352 e. The van der Waals surface area contributed by atoms with E-state index in [1.807, 2.05) is 32.0 Å². The van der Waals surface area contributed by atoms with Crippen molar-refractivity contribution in [3.05, 3.63) is 64.7 Å². The number of carbonyl (C=O) groups is 2. The van der Waals surface area contributed by atoms with E-state index in [1.165, 1.54) is 4.90 Å². The van der Waals surface area contributed by atoms with E-state index in [0.29, 0.717) is 10.7 Å². The molecule has 2 unspecified atom stereocenters. The Balaban J connectivity index is 2.40. The summed E-state index contributed by atoms with van der Waals surface area (Å²) in [5, 5.41) is 3.41. The van der Waals surface area contributed by atoms with Gasteiger partial charge in [0, 0.05) is 17.6 Å². The monoisotopic (exact) mass is 535 g/mol. The van der Waals surface area contributed by atoms with Gasteiger partial charge >= 0.3 is 0 Å². The number of nitrogens with one attached hydrogen (secondary N) is 1. The van der Waals surface area contributed by atoms with E-state index >= 15 is 0 Å². The van der Waals surface area contributed by atoms with E-state index in [1.54, 1.807) is 37.3 Å². The van der Waals surface area contributed by atoms with Gasteiger partial charge < -0.3 is 10.2 Å². The van der Waals surface area contributed by atoms with Crippen molar-refractivity contribution in [3.63, 3.8) is 0 Å². The second-order valence-corrected chi connectivity index (χ2v) is 12.6. The van der Waals surface area contributed by atoms with E-state index in [9.17, 15) is 18.0 Å². The molecular weight excluding hydrogens is 498 g/mol. The molecule has 0 saturated heterocycles. The molecule has 0 fully saturated rings. The molecule has 0 aliphatic heterocycles. The molecule has 9 heteroatoms. The van der Waals surface area contributed by atoms with Gasteiger partial charge in [0.2, 0.25) is 21.8 Å². The van der Waals surface area contributed by atoms with Crippen molar-refractivity contribution in [3.8, 4) is 0 Å². The van der Waals surface area contributed by atoms with Crippen molar-refractivity contribution in [1.82, 2.24) is 10.2 Å². The van der Waals surface area contributed by atoms with E-state index in [4.69, 9.17) is 11.6 Å². The SMILES string of the molecule is CCC(C)NC(=O)C(C)N(Cc1cccc(Cl)c1)C(=O)CN(c1ccc(C(C)(C)C)cc1)S(C)(=O)=O. The summed E-state index contributed by atoms with van der Waals surface area (Å²) in [6.45, 7) is 11.4. The summed E-state index contributed by atoms with van der Waals surface area (Å²) in [6, 6.07) is 13.3. The minimum absolute atomic E-state index is 0.0584. The number of sulfonamides is 1. The van der Waals surface area contributed by atoms with Crippen molar-refractivity contribution < 1.29 is 18.0 Å². The van der Waals surface area contributed by atoms with Crippen molar-refractivity contribution in [2.75, 3.05) is 17.1 Å². The van der Waals surface area contributed by atoms with Crippen LogP contribution in [-0.2, 0) is 31.6 Å². The van der Waals surface area contributed by atoms with Crippen LogP contribution in [0.5, 0.6) is 0 Å². The second kappa shape index (κ2) is 12.1. The van der Waals surface area contributed by atoms with E-state index in [0.717, 1.165) is 28.1 Å². The molecule has 1 N–H and O–H groups in total. The molecule has 0 saturated carbocycles. The predicted octanol–water partition coefficient (Wildman–Crippen LogP) is 4.74. The first-order valence-electron chi connectivity index (χ1n) is 12.1. The van der Waals surface area contributed by atoms with Crippen molar-refractivity contribution in [1.29, 1.82) is 0 Å². The Morgan fingerprint density at radius 2 is 1.67 bits per heavy atom. The van der Waals surface area contributed by atoms with Crippen LogP contribution in [0.15, 0.2) is 48.5 Å². The minimum atomic E-state index is -3.78. The highest BCUT2D eigenvalue weighted by molar-refractivity contribution is 7.92. The Labute approximate surface area is 220 Å². The Morgan fingerprint density at radius 3 is 2.17 bits per heavy atom. The Morgan fingerprint density at radius 1 is 1.06 bits per heavy atom. The molecule has 0 spiro atoms. The molecule has 0 heterocycles. The van der Waals surface area contributed by atoms with Crippen LogP contribution in [0.3, 0.4) is 0 Å². The zero-order valence-corrected chi connectivity index (χ0v) is 23.8. The van der Waals surface area contributed by atoms with E-state index in [-0.39, 0.29) is 23.9 Å². The van der Waals surface area contributed by atoms with Crippen LogP contribution in [0, 0.1) is 0 Å². The number of halogens is 1. The van der Waals surface area contributed by atoms with E-state index < -0.39 is 28.5 Å². The van der Waals surface area contributed by atoms with Crippen LogP contribution in [-0.4, -0.2) is 50.0 Å². The molecule has 0 aromatic heterocycles. The molecule has 2 rings (SSSR count). The Bertz CT molecular complexity index is 1160. The number of benzene rings is 2. The number of rotatable bonds is 10. The van der Waals surface area contributed by atoms with Crippen LogP contribution < -0.4 is 9.62 Å². The summed E-state index contributed by atoms with van der Waals surface area (Å²) in [7, 11) is -3.78. The molecule has 2 amide bonds. The summed E-state index contributed by atoms with van der Waals surface area (Å²) in [6.07, 6.45) is 1.81. The maximum absolute atomic E-state index is 13.6. The third-order valence-electron chi connectivity index (χ3n) is 6.11. The largest absolute Gasteiger partial charge is 0.352 e. The lowest BCUT2D eigenvalue weighted by atomic mass is 9.87. The highest BCUT2D eigenvalue weighted by Gasteiger charge is 2.30. The van der Waals surface area contributed by atoms with Crippen LogP contribution in [0.2, 0.25) is 5.02 Å². The first-order valence-corrected chi connectivity index (χ1v) is 14.3. The van der Waals surface area contributed by atoms with E-state index in [2.05, 4.69) is 26.1 Å². The summed E-state index contributed by atoms with van der Waals surface area (Å²) >= 11 is 6.14. The molecule has 0 bridgehead atoms. The number of hydrogen-bond acceptors (Lipinski definition) is 4. The molecule has 7 nitrogen and oxygen atoms in total. The van der Waals surface area contributed by atoms with Gasteiger partial charge in [0.15, 0.2) is 0 Å². The van der Waals surface area contributed by atoms with Gasteiger partial charge in [-0.2, -0.15) is 0 Å². The number of nitrogens with zero attached hydrogens (tertiary/aromatic N) is 2. The lowest BCUT2D eigenvalue weighted by Gasteiger charge is -2.32. The van der Waals surface area contributed by atoms with Gasteiger partial charge in [0.25, 0.3) is 0 Å². The van der Waals surface area contributed by atoms with Crippen LogP contribution in [0.25, 0.3) is 0 Å². The topological polar surface area (TPSA) is 86.8 Å². The van der Waals surface area contributed by atoms with Gasteiger partial charge in [-0.1, -0.05) is 63.6 Å². The third kappa shape index (κ3) is 8.23. The molecule has 2 aromatic rings. The lowest BCUT2D eigenvalue weighted by Crippen LogP contribution is -2.52. The standard InChI is InChI=1S/C27H38ClN3O4S/c1-8-19(2)29-26(33)20(3)30(17-21-10-9-11-23(28)16-21)25(32)18-31(36(7,34)35)24-14-12-22(13-15-24)27(4,5)6/h9-16,19-20H,8,17-18H2,1-7H3,(H,29,33). The molecule has 36 heavy (non-hydrogen) atoms. The summed E-state index contributed by atoms with van der Waals surface area (Å²) in [5.74, 6) is -0.799. The van der Waals surface area contributed by atoms with Crippen molar-refractivity contribution >= 4 is 39.1 Å². The predicted molar refractivity (Wildman–Crippen MR) is 147 cm³/mol. The highest BCUT2D eigenvalue weighted by atomic mass is 35.5. The van der Waals surface area contributed by atoms with Gasteiger partial charge in [-0.3, -0.25) is 13.9 Å². The van der Waals surface area contributed by atoms with Crippen LogP contribution >= 0.6 is 11.6 Å². The Kier molecular flexibility index (Phi) is 9.97. The fraction of sp³-hybridized carbons (Fsp3) is 0.481. The average molecular weight is 536 g/mol. The maximum Gasteiger partial charge on any atom is 0.244 e. The molecule has 198 valence electrons. The number of amides is 2. The van der Waals surface area contributed by atoms with Crippen LogP contribution in [0.1, 0.15) is 59.1 Å². The van der Waals surface area contributed by atoms with Crippen molar-refractivity contribution in [2.45, 2.75) is 72.0 Å². The summed E-state index contributed by atoms with van der Waals surface area (Å²) < 4.78 is 26.5. The normalized spacial score (nSPS) is 13.6. The number of anilines is 1. The molecule has 2 aromatic carbocycles. The second-order valence-electron chi connectivity index (χ2n) is 10.2. The van der Waals surface area contributed by atoms with Gasteiger partial charge in [-0.15, -0.1) is 0 Å². The Hall–Kier alpha value is -2.58. The molecule has 0 aliphatic rings. The van der Waals surface area contributed by atoms with Gasteiger partial charge in [-0.05, 0) is 61.1 Å².